The van der Waals surface area contributed by atoms with Crippen LogP contribution in [-0.2, 0) is 14.8 Å². The highest BCUT2D eigenvalue weighted by Crippen LogP contribution is 2.23. The van der Waals surface area contributed by atoms with Crippen LogP contribution >= 0.6 is 12.4 Å². The van der Waals surface area contributed by atoms with E-state index in [0.717, 1.165) is 9.87 Å². The standard InChI is InChI=1S/C18H23N3O3S.ClH/c1-12-5-8-14(9-6-12)17(19)18(22)20-15-10-7-13(2)16(11-15)25(23,24)21(3)4;/h5-11,17H,19H2,1-4H3,(H,20,22);1H. The van der Waals surface area contributed by atoms with Crippen molar-refractivity contribution in [2.45, 2.75) is 24.8 Å². The molecule has 1 unspecified atom stereocenters. The van der Waals surface area contributed by atoms with Gasteiger partial charge in [0.2, 0.25) is 15.9 Å². The van der Waals surface area contributed by atoms with E-state index < -0.39 is 22.0 Å². The van der Waals surface area contributed by atoms with Crippen LogP contribution in [0.1, 0.15) is 22.7 Å². The fourth-order valence-corrected chi connectivity index (χ4v) is 3.44. The van der Waals surface area contributed by atoms with Crippen LogP contribution < -0.4 is 11.1 Å². The quantitative estimate of drug-likeness (QED) is 0.811. The maximum Gasteiger partial charge on any atom is 0.245 e. The second-order valence-electron chi connectivity index (χ2n) is 6.15. The summed E-state index contributed by atoms with van der Waals surface area (Å²) in [6.45, 7) is 3.66. The molecule has 1 atom stereocenters. The highest BCUT2D eigenvalue weighted by Gasteiger charge is 2.21. The first-order chi connectivity index (χ1) is 11.6. The largest absolute Gasteiger partial charge is 0.324 e. The van der Waals surface area contributed by atoms with E-state index in [1.807, 2.05) is 19.1 Å². The van der Waals surface area contributed by atoms with Crippen LogP contribution in [-0.4, -0.2) is 32.7 Å². The highest BCUT2D eigenvalue weighted by atomic mass is 35.5. The lowest BCUT2D eigenvalue weighted by Gasteiger charge is -2.16. The molecule has 0 spiro atoms. The van der Waals surface area contributed by atoms with Gasteiger partial charge in [-0.2, -0.15) is 0 Å². The summed E-state index contributed by atoms with van der Waals surface area (Å²) in [5.41, 5.74) is 8.76. The number of anilines is 1. The Hall–Kier alpha value is -1.93. The van der Waals surface area contributed by atoms with Crippen molar-refractivity contribution in [1.29, 1.82) is 0 Å². The first-order valence-corrected chi connectivity index (χ1v) is 9.23. The summed E-state index contributed by atoms with van der Waals surface area (Å²) in [4.78, 5) is 12.5. The van der Waals surface area contributed by atoms with Gasteiger partial charge in [-0.15, -0.1) is 12.4 Å². The summed E-state index contributed by atoms with van der Waals surface area (Å²) < 4.78 is 25.9. The molecule has 6 nitrogen and oxygen atoms in total. The summed E-state index contributed by atoms with van der Waals surface area (Å²) in [6, 6.07) is 11.3. The number of amides is 1. The van der Waals surface area contributed by atoms with Gasteiger partial charge in [0.1, 0.15) is 6.04 Å². The number of sulfonamides is 1. The Morgan fingerprint density at radius 1 is 1.08 bits per heavy atom. The van der Waals surface area contributed by atoms with Gasteiger partial charge < -0.3 is 11.1 Å². The van der Waals surface area contributed by atoms with Gasteiger partial charge in [-0.3, -0.25) is 4.79 Å². The summed E-state index contributed by atoms with van der Waals surface area (Å²) in [6.07, 6.45) is 0. The monoisotopic (exact) mass is 397 g/mol. The van der Waals surface area contributed by atoms with Crippen LogP contribution in [0.25, 0.3) is 0 Å². The van der Waals surface area contributed by atoms with Crippen LogP contribution in [0.5, 0.6) is 0 Å². The van der Waals surface area contributed by atoms with Crippen LogP contribution in [0.15, 0.2) is 47.4 Å². The number of hydrogen-bond acceptors (Lipinski definition) is 4. The van der Waals surface area contributed by atoms with E-state index in [4.69, 9.17) is 5.73 Å². The van der Waals surface area contributed by atoms with Gasteiger partial charge >= 0.3 is 0 Å². The Balaban J connectivity index is 0.00000338. The minimum Gasteiger partial charge on any atom is -0.324 e. The highest BCUT2D eigenvalue weighted by molar-refractivity contribution is 7.89. The Labute approximate surface area is 160 Å². The molecule has 0 saturated carbocycles. The molecule has 26 heavy (non-hydrogen) atoms. The molecule has 2 rings (SSSR count). The average Bonchev–Trinajstić information content (AvgIpc) is 2.56. The SMILES string of the molecule is Cc1ccc(C(N)C(=O)Nc2ccc(C)c(S(=O)(=O)N(C)C)c2)cc1.Cl. The average molecular weight is 398 g/mol. The third-order valence-electron chi connectivity index (χ3n) is 3.93. The number of nitrogens with two attached hydrogens (primary N) is 1. The normalized spacial score (nSPS) is 12.4. The van der Waals surface area contributed by atoms with E-state index >= 15 is 0 Å². The molecule has 3 N–H and O–H groups in total. The predicted octanol–water partition coefficient (Wildman–Crippen LogP) is 2.61. The van der Waals surface area contributed by atoms with E-state index in [0.29, 0.717) is 16.8 Å². The maximum absolute atomic E-state index is 12.4. The number of carbonyl (C=O) groups excluding carboxylic acids is 1. The molecule has 0 heterocycles. The number of rotatable bonds is 5. The molecular formula is C18H24ClN3O3S. The number of nitrogens with zero attached hydrogens (tertiary/aromatic N) is 1. The molecule has 0 fully saturated rings. The van der Waals surface area contributed by atoms with Crippen molar-refractivity contribution in [2.75, 3.05) is 19.4 Å². The lowest BCUT2D eigenvalue weighted by molar-refractivity contribution is -0.117. The lowest BCUT2D eigenvalue weighted by atomic mass is 10.1. The van der Waals surface area contributed by atoms with Crippen molar-refractivity contribution in [2.24, 2.45) is 5.73 Å². The third kappa shape index (κ3) is 4.82. The first kappa shape index (κ1) is 22.1. The van der Waals surface area contributed by atoms with Gasteiger partial charge in [-0.1, -0.05) is 35.9 Å². The number of benzene rings is 2. The van der Waals surface area contributed by atoms with Gasteiger partial charge in [-0.05, 0) is 37.1 Å². The zero-order chi connectivity index (χ0) is 18.8. The molecular weight excluding hydrogens is 374 g/mol. The second-order valence-corrected chi connectivity index (χ2v) is 8.27. The zero-order valence-corrected chi connectivity index (χ0v) is 16.8. The van der Waals surface area contributed by atoms with Crippen molar-refractivity contribution in [1.82, 2.24) is 4.31 Å². The Kier molecular flexibility index (Phi) is 7.35. The number of nitrogens with one attached hydrogen (secondary N) is 1. The summed E-state index contributed by atoms with van der Waals surface area (Å²) in [5.74, 6) is -0.402. The molecule has 0 radical (unpaired) electrons. The van der Waals surface area contributed by atoms with Gasteiger partial charge in [0.15, 0.2) is 0 Å². The zero-order valence-electron chi connectivity index (χ0n) is 15.2. The molecule has 2 aromatic carbocycles. The van der Waals surface area contributed by atoms with E-state index in [2.05, 4.69) is 5.32 Å². The van der Waals surface area contributed by atoms with Crippen molar-refractivity contribution in [3.05, 3.63) is 59.2 Å². The molecule has 0 bridgehead atoms. The van der Waals surface area contributed by atoms with Crippen molar-refractivity contribution in [3.63, 3.8) is 0 Å². The van der Waals surface area contributed by atoms with Crippen molar-refractivity contribution >= 4 is 34.0 Å². The molecule has 0 aliphatic carbocycles. The van der Waals surface area contributed by atoms with E-state index in [1.165, 1.54) is 20.2 Å². The summed E-state index contributed by atoms with van der Waals surface area (Å²) in [7, 11) is -0.661. The van der Waals surface area contributed by atoms with Gasteiger partial charge in [0.25, 0.3) is 0 Å². The van der Waals surface area contributed by atoms with Crippen LogP contribution in [0.2, 0.25) is 0 Å². The third-order valence-corrected chi connectivity index (χ3v) is 5.89. The van der Waals surface area contributed by atoms with Crippen LogP contribution in [0.3, 0.4) is 0 Å². The molecule has 0 saturated heterocycles. The lowest BCUT2D eigenvalue weighted by Crippen LogP contribution is -2.28. The van der Waals surface area contributed by atoms with Crippen molar-refractivity contribution in [3.8, 4) is 0 Å². The Morgan fingerprint density at radius 2 is 1.65 bits per heavy atom. The van der Waals surface area contributed by atoms with E-state index in [1.54, 1.807) is 31.2 Å². The van der Waals surface area contributed by atoms with Crippen molar-refractivity contribution < 1.29 is 13.2 Å². The molecule has 2 aromatic rings. The predicted molar refractivity (Wildman–Crippen MR) is 106 cm³/mol. The Morgan fingerprint density at radius 3 is 2.19 bits per heavy atom. The number of aryl methyl sites for hydroxylation is 2. The van der Waals surface area contributed by atoms with E-state index in [-0.39, 0.29) is 17.3 Å². The van der Waals surface area contributed by atoms with Gasteiger partial charge in [0.05, 0.1) is 4.90 Å². The smallest absolute Gasteiger partial charge is 0.245 e. The summed E-state index contributed by atoms with van der Waals surface area (Å²) >= 11 is 0. The fraction of sp³-hybridized carbons (Fsp3) is 0.278. The van der Waals surface area contributed by atoms with Crippen LogP contribution in [0, 0.1) is 13.8 Å². The van der Waals surface area contributed by atoms with Gasteiger partial charge in [-0.25, -0.2) is 12.7 Å². The minimum absolute atomic E-state index is 0. The molecule has 0 aliphatic rings. The topological polar surface area (TPSA) is 92.5 Å². The number of carbonyl (C=O) groups is 1. The first-order valence-electron chi connectivity index (χ1n) is 7.79. The molecule has 0 aliphatic heterocycles. The number of hydrogen-bond donors (Lipinski definition) is 2. The van der Waals surface area contributed by atoms with Gasteiger partial charge in [0, 0.05) is 19.8 Å². The number of halogens is 1. The molecule has 0 aromatic heterocycles. The maximum atomic E-state index is 12.4. The molecule has 142 valence electrons. The second kappa shape index (κ2) is 8.64. The van der Waals surface area contributed by atoms with Crippen LogP contribution in [0.4, 0.5) is 5.69 Å². The fourth-order valence-electron chi connectivity index (χ4n) is 2.30. The minimum atomic E-state index is -3.59. The molecule has 1 amide bonds. The van der Waals surface area contributed by atoms with E-state index in [9.17, 15) is 13.2 Å². The summed E-state index contributed by atoms with van der Waals surface area (Å²) in [5, 5.41) is 2.69. The molecule has 8 heteroatoms. The Bertz CT molecular complexity index is 881.